The Bertz CT molecular complexity index is 492. The summed E-state index contributed by atoms with van der Waals surface area (Å²) in [5.41, 5.74) is 2.38. The van der Waals surface area contributed by atoms with Crippen molar-refractivity contribution in [3.8, 4) is 0 Å². The number of nitrogens with one attached hydrogen (secondary N) is 1. The Morgan fingerprint density at radius 2 is 1.70 bits per heavy atom. The molecule has 0 radical (unpaired) electrons. The zero-order valence-corrected chi connectivity index (χ0v) is 13.2. The molecule has 0 atom stereocenters. The number of rotatable bonds is 8. The number of fused-ring (bicyclic) bond motifs is 1. The lowest BCUT2D eigenvalue weighted by molar-refractivity contribution is 0.424. The van der Waals surface area contributed by atoms with Gasteiger partial charge in [0.05, 0.1) is 11.0 Å². The van der Waals surface area contributed by atoms with Crippen LogP contribution in [0.25, 0.3) is 11.0 Å². The van der Waals surface area contributed by atoms with Crippen LogP contribution in [-0.2, 0) is 5.41 Å². The van der Waals surface area contributed by atoms with Gasteiger partial charge in [-0.05, 0) is 18.6 Å². The molecule has 0 unspecified atom stereocenters. The quantitative estimate of drug-likeness (QED) is 0.623. The molecule has 0 aliphatic rings. The number of benzene rings is 1. The summed E-state index contributed by atoms with van der Waals surface area (Å²) in [5.74, 6) is 1.13. The van der Waals surface area contributed by atoms with Crippen molar-refractivity contribution < 1.29 is 0 Å². The maximum Gasteiger partial charge on any atom is 0.112 e. The number of hydrogen-bond acceptors (Lipinski definition) is 1. The number of unbranched alkanes of at least 4 members (excludes halogenated alkanes) is 5. The van der Waals surface area contributed by atoms with Gasteiger partial charge in [0.2, 0.25) is 0 Å². The van der Waals surface area contributed by atoms with Gasteiger partial charge in [0.15, 0.2) is 0 Å². The van der Waals surface area contributed by atoms with Gasteiger partial charge in [0, 0.05) is 5.41 Å². The van der Waals surface area contributed by atoms with Crippen molar-refractivity contribution in [3.63, 3.8) is 0 Å². The van der Waals surface area contributed by atoms with E-state index in [1.807, 2.05) is 6.07 Å². The van der Waals surface area contributed by atoms with E-state index in [9.17, 15) is 0 Å². The Kier molecular flexibility index (Phi) is 5.22. The molecule has 2 rings (SSSR count). The third-order valence-corrected chi connectivity index (χ3v) is 4.19. The van der Waals surface area contributed by atoms with Gasteiger partial charge in [-0.3, -0.25) is 0 Å². The smallest absolute Gasteiger partial charge is 0.112 e. The zero-order chi connectivity index (χ0) is 14.4. The van der Waals surface area contributed by atoms with Crippen molar-refractivity contribution >= 4 is 11.0 Å². The molecule has 0 aliphatic heterocycles. The summed E-state index contributed by atoms with van der Waals surface area (Å²) in [7, 11) is 0. The van der Waals surface area contributed by atoms with Gasteiger partial charge < -0.3 is 4.98 Å². The maximum absolute atomic E-state index is 4.76. The summed E-state index contributed by atoms with van der Waals surface area (Å²) < 4.78 is 0. The molecule has 0 saturated heterocycles. The standard InChI is InChI=1S/C18H28N2/c1-4-5-6-7-8-11-14-18(2,3)17-19-15-12-9-10-13-16(15)20-17/h9-10,12-13H,4-8,11,14H2,1-3H3,(H,19,20). The highest BCUT2D eigenvalue weighted by atomic mass is 14.9. The lowest BCUT2D eigenvalue weighted by Gasteiger charge is -2.21. The van der Waals surface area contributed by atoms with Crippen LogP contribution in [0.3, 0.4) is 0 Å². The summed E-state index contributed by atoms with van der Waals surface area (Å²) in [5, 5.41) is 0. The molecular formula is C18H28N2. The van der Waals surface area contributed by atoms with Gasteiger partial charge in [0.1, 0.15) is 5.82 Å². The van der Waals surface area contributed by atoms with Crippen LogP contribution in [0.2, 0.25) is 0 Å². The SMILES string of the molecule is CCCCCCCCC(C)(C)c1nc2ccccc2[nH]1. The second-order valence-corrected chi connectivity index (χ2v) is 6.50. The molecule has 0 spiro atoms. The lowest BCUT2D eigenvalue weighted by atomic mass is 9.86. The van der Waals surface area contributed by atoms with Crippen molar-refractivity contribution in [2.24, 2.45) is 0 Å². The Labute approximate surface area is 123 Å². The molecule has 0 fully saturated rings. The molecule has 1 aromatic heterocycles. The summed E-state index contributed by atoms with van der Waals surface area (Å²) in [4.78, 5) is 8.24. The highest BCUT2D eigenvalue weighted by Gasteiger charge is 2.23. The van der Waals surface area contributed by atoms with Gasteiger partial charge >= 0.3 is 0 Å². The first kappa shape index (κ1) is 15.1. The van der Waals surface area contributed by atoms with E-state index in [4.69, 9.17) is 4.98 Å². The third kappa shape index (κ3) is 3.84. The largest absolute Gasteiger partial charge is 0.342 e. The van der Waals surface area contributed by atoms with E-state index in [1.54, 1.807) is 0 Å². The Morgan fingerprint density at radius 1 is 1.00 bits per heavy atom. The van der Waals surface area contributed by atoms with Crippen LogP contribution < -0.4 is 0 Å². The van der Waals surface area contributed by atoms with Gasteiger partial charge in [-0.25, -0.2) is 4.98 Å². The fourth-order valence-electron chi connectivity index (χ4n) is 2.74. The number of aromatic nitrogens is 2. The molecular weight excluding hydrogens is 244 g/mol. The van der Waals surface area contributed by atoms with Crippen LogP contribution >= 0.6 is 0 Å². The van der Waals surface area contributed by atoms with E-state index >= 15 is 0 Å². The highest BCUT2D eigenvalue weighted by Crippen LogP contribution is 2.29. The summed E-state index contributed by atoms with van der Waals surface area (Å²) in [6, 6.07) is 8.29. The molecule has 20 heavy (non-hydrogen) atoms. The van der Waals surface area contributed by atoms with E-state index in [-0.39, 0.29) is 5.41 Å². The summed E-state index contributed by atoms with van der Waals surface area (Å²) in [6.07, 6.45) is 9.33. The van der Waals surface area contributed by atoms with Crippen molar-refractivity contribution in [3.05, 3.63) is 30.1 Å². The van der Waals surface area contributed by atoms with Crippen LogP contribution in [0.4, 0.5) is 0 Å². The first-order valence-corrected chi connectivity index (χ1v) is 8.09. The minimum Gasteiger partial charge on any atom is -0.342 e. The number of H-pyrrole nitrogens is 1. The van der Waals surface area contributed by atoms with Gasteiger partial charge in [0.25, 0.3) is 0 Å². The molecule has 2 heteroatoms. The molecule has 0 amide bonds. The number of aromatic amines is 1. The molecule has 1 heterocycles. The monoisotopic (exact) mass is 272 g/mol. The third-order valence-electron chi connectivity index (χ3n) is 4.19. The average molecular weight is 272 g/mol. The first-order valence-electron chi connectivity index (χ1n) is 8.09. The van der Waals surface area contributed by atoms with Crippen molar-refractivity contribution in [1.29, 1.82) is 0 Å². The summed E-state index contributed by atoms with van der Waals surface area (Å²) >= 11 is 0. The van der Waals surface area contributed by atoms with Crippen LogP contribution in [-0.4, -0.2) is 9.97 Å². The van der Waals surface area contributed by atoms with Crippen LogP contribution in [0.1, 0.15) is 71.5 Å². The fraction of sp³-hybridized carbons (Fsp3) is 0.611. The molecule has 1 N–H and O–H groups in total. The lowest BCUT2D eigenvalue weighted by Crippen LogP contribution is -2.18. The maximum atomic E-state index is 4.76. The predicted molar refractivity (Wildman–Crippen MR) is 87.1 cm³/mol. The molecule has 0 aliphatic carbocycles. The normalized spacial score (nSPS) is 12.2. The molecule has 110 valence electrons. The first-order chi connectivity index (χ1) is 9.63. The minimum absolute atomic E-state index is 0.143. The topological polar surface area (TPSA) is 28.7 Å². The van der Waals surface area contributed by atoms with Crippen LogP contribution in [0.5, 0.6) is 0 Å². The predicted octanol–water partition coefficient (Wildman–Crippen LogP) is 5.59. The van der Waals surface area contributed by atoms with Crippen LogP contribution in [0.15, 0.2) is 24.3 Å². The molecule has 1 aromatic carbocycles. The highest BCUT2D eigenvalue weighted by molar-refractivity contribution is 5.74. The second kappa shape index (κ2) is 6.92. The Morgan fingerprint density at radius 3 is 2.45 bits per heavy atom. The zero-order valence-electron chi connectivity index (χ0n) is 13.2. The van der Waals surface area contributed by atoms with E-state index in [0.29, 0.717) is 0 Å². The van der Waals surface area contributed by atoms with Gasteiger partial charge in [-0.1, -0.05) is 71.4 Å². The van der Waals surface area contributed by atoms with E-state index < -0.39 is 0 Å². The van der Waals surface area contributed by atoms with Crippen molar-refractivity contribution in [2.45, 2.75) is 71.1 Å². The van der Waals surface area contributed by atoms with E-state index in [1.165, 1.54) is 44.9 Å². The number of hydrogen-bond donors (Lipinski definition) is 1. The summed E-state index contributed by atoms with van der Waals surface area (Å²) in [6.45, 7) is 6.87. The van der Waals surface area contributed by atoms with Gasteiger partial charge in [-0.2, -0.15) is 0 Å². The van der Waals surface area contributed by atoms with Gasteiger partial charge in [-0.15, -0.1) is 0 Å². The number of nitrogens with zero attached hydrogens (tertiary/aromatic N) is 1. The van der Waals surface area contributed by atoms with Crippen LogP contribution in [0, 0.1) is 0 Å². The Hall–Kier alpha value is -1.31. The number of para-hydroxylation sites is 2. The molecule has 2 aromatic rings. The molecule has 2 nitrogen and oxygen atoms in total. The Balaban J connectivity index is 1.89. The van der Waals surface area contributed by atoms with E-state index in [0.717, 1.165) is 16.9 Å². The fourth-order valence-corrected chi connectivity index (χ4v) is 2.74. The molecule has 0 saturated carbocycles. The second-order valence-electron chi connectivity index (χ2n) is 6.50. The number of imidazole rings is 1. The average Bonchev–Trinajstić information content (AvgIpc) is 2.87. The van der Waals surface area contributed by atoms with Crippen molar-refractivity contribution in [2.75, 3.05) is 0 Å². The molecule has 0 bridgehead atoms. The van der Waals surface area contributed by atoms with Crippen molar-refractivity contribution in [1.82, 2.24) is 9.97 Å². The minimum atomic E-state index is 0.143. The van der Waals surface area contributed by atoms with E-state index in [2.05, 4.69) is 44.0 Å².